The number of hydrogen-bond donors (Lipinski definition) is 0. The number of anilines is 3. The lowest BCUT2D eigenvalue weighted by molar-refractivity contribution is 0.0990. The van der Waals surface area contributed by atoms with Crippen molar-refractivity contribution >= 4 is 56.2 Å². The molecule has 1 aliphatic carbocycles. The van der Waals surface area contributed by atoms with Gasteiger partial charge in [-0.1, -0.05) is 103 Å². The van der Waals surface area contributed by atoms with Crippen molar-refractivity contribution in [1.82, 2.24) is 0 Å². The number of nitrogens with zero attached hydrogens (tertiary/aromatic N) is 1. The van der Waals surface area contributed by atoms with Gasteiger partial charge in [-0.25, -0.2) is 0 Å². The van der Waals surface area contributed by atoms with Crippen LogP contribution in [0, 0.1) is 0 Å². The molecule has 6 aromatic carbocycles. The summed E-state index contributed by atoms with van der Waals surface area (Å²) in [5.74, 6) is -0.429. The second kappa shape index (κ2) is 9.23. The molecule has 0 aliphatic heterocycles. The minimum atomic E-state index is -0.215. The molecule has 6 aromatic rings. The summed E-state index contributed by atoms with van der Waals surface area (Å²) in [6, 6.07) is 44.6. The van der Waals surface area contributed by atoms with Crippen molar-refractivity contribution in [1.29, 1.82) is 0 Å². The molecule has 7 rings (SSSR count). The van der Waals surface area contributed by atoms with Crippen molar-refractivity contribution < 1.29 is 9.59 Å². The van der Waals surface area contributed by atoms with Crippen molar-refractivity contribution in [3.05, 3.63) is 156 Å². The maximum Gasteiger partial charge on any atom is 0.197 e. The van der Waals surface area contributed by atoms with E-state index in [9.17, 15) is 9.59 Å². The first-order valence-corrected chi connectivity index (χ1v) is 12.9. The zero-order valence-electron chi connectivity index (χ0n) is 21.0. The lowest BCUT2D eigenvalue weighted by Crippen LogP contribution is -2.10. The second-order valence-corrected chi connectivity index (χ2v) is 9.72. The third-order valence-corrected chi connectivity index (χ3v) is 7.37. The van der Waals surface area contributed by atoms with Crippen LogP contribution in [0.4, 0.5) is 17.1 Å². The number of carbonyl (C=O) groups excluding carboxylic acids is 2. The molecule has 184 valence electrons. The number of hydrogen-bond acceptors (Lipinski definition) is 3. The van der Waals surface area contributed by atoms with Crippen LogP contribution < -0.4 is 4.90 Å². The Kier molecular flexibility index (Phi) is 5.42. The van der Waals surface area contributed by atoms with Crippen molar-refractivity contribution in [2.45, 2.75) is 0 Å². The zero-order chi connectivity index (χ0) is 26.3. The number of benzene rings is 6. The summed E-state index contributed by atoms with van der Waals surface area (Å²) in [5.41, 5.74) is 5.08. The molecule has 0 heterocycles. The summed E-state index contributed by atoms with van der Waals surface area (Å²) in [6.07, 6.45) is 1.70. The summed E-state index contributed by atoms with van der Waals surface area (Å²) in [5, 5.41) is 4.67. The van der Waals surface area contributed by atoms with Gasteiger partial charge in [0.2, 0.25) is 0 Å². The lowest BCUT2D eigenvalue weighted by Gasteiger charge is -2.27. The van der Waals surface area contributed by atoms with Crippen LogP contribution in [0.1, 0.15) is 26.3 Å². The van der Waals surface area contributed by atoms with E-state index < -0.39 is 0 Å². The Labute approximate surface area is 226 Å². The van der Waals surface area contributed by atoms with E-state index in [1.165, 1.54) is 16.2 Å². The van der Waals surface area contributed by atoms with E-state index in [1.54, 1.807) is 30.3 Å². The molecule has 0 unspecified atom stereocenters. The highest BCUT2D eigenvalue weighted by Crippen LogP contribution is 2.40. The minimum Gasteiger partial charge on any atom is -0.310 e. The molecule has 0 radical (unpaired) electrons. The quantitative estimate of drug-likeness (QED) is 0.179. The van der Waals surface area contributed by atoms with Gasteiger partial charge in [0.1, 0.15) is 0 Å². The van der Waals surface area contributed by atoms with E-state index >= 15 is 0 Å². The van der Waals surface area contributed by atoms with E-state index in [4.69, 9.17) is 0 Å². The summed E-state index contributed by atoms with van der Waals surface area (Å²) in [4.78, 5) is 28.0. The average molecular weight is 502 g/mol. The molecular weight excluding hydrogens is 478 g/mol. The molecule has 3 nitrogen and oxygen atoms in total. The topological polar surface area (TPSA) is 37.4 Å². The van der Waals surface area contributed by atoms with E-state index in [0.717, 1.165) is 28.0 Å². The summed E-state index contributed by atoms with van der Waals surface area (Å²) in [7, 11) is 0. The van der Waals surface area contributed by atoms with Gasteiger partial charge < -0.3 is 4.90 Å². The van der Waals surface area contributed by atoms with Gasteiger partial charge in [0.25, 0.3) is 0 Å². The first-order valence-electron chi connectivity index (χ1n) is 12.9. The van der Waals surface area contributed by atoms with E-state index in [-0.39, 0.29) is 17.1 Å². The van der Waals surface area contributed by atoms with Gasteiger partial charge in [0, 0.05) is 27.9 Å². The predicted octanol–water partition coefficient (Wildman–Crippen LogP) is 8.93. The maximum atomic E-state index is 12.9. The Bertz CT molecular complexity index is 1910. The van der Waals surface area contributed by atoms with Gasteiger partial charge in [0.05, 0.1) is 11.3 Å². The van der Waals surface area contributed by atoms with Crippen LogP contribution >= 0.6 is 0 Å². The van der Waals surface area contributed by atoms with Gasteiger partial charge >= 0.3 is 0 Å². The molecule has 0 aromatic heterocycles. The fourth-order valence-corrected chi connectivity index (χ4v) is 5.44. The largest absolute Gasteiger partial charge is 0.310 e. The second-order valence-electron chi connectivity index (χ2n) is 9.72. The van der Waals surface area contributed by atoms with Crippen molar-refractivity contribution in [3.8, 4) is 0 Å². The molecule has 0 bridgehead atoms. The Morgan fingerprint density at radius 2 is 1.08 bits per heavy atom. The van der Waals surface area contributed by atoms with Crippen LogP contribution in [0.3, 0.4) is 0 Å². The number of carbonyl (C=O) groups is 2. The average Bonchev–Trinajstić information content (AvgIpc) is 3.23. The molecule has 0 spiro atoms. The molecule has 0 atom stereocenters. The van der Waals surface area contributed by atoms with Crippen LogP contribution in [0.5, 0.6) is 0 Å². The first kappa shape index (κ1) is 22.9. The third-order valence-electron chi connectivity index (χ3n) is 7.37. The van der Waals surface area contributed by atoms with Crippen molar-refractivity contribution in [2.24, 2.45) is 0 Å². The van der Waals surface area contributed by atoms with Crippen molar-refractivity contribution in [2.75, 3.05) is 4.90 Å². The summed E-state index contributed by atoms with van der Waals surface area (Å²) >= 11 is 0. The van der Waals surface area contributed by atoms with Gasteiger partial charge in [0.15, 0.2) is 11.6 Å². The maximum absolute atomic E-state index is 12.9. The van der Waals surface area contributed by atoms with Gasteiger partial charge in [-0.05, 0) is 58.1 Å². The molecule has 0 saturated heterocycles. The van der Waals surface area contributed by atoms with Gasteiger partial charge in [-0.3, -0.25) is 9.59 Å². The van der Waals surface area contributed by atoms with Crippen LogP contribution in [-0.4, -0.2) is 11.6 Å². The SMILES string of the molecule is O=C1C(=Cc2ccc(N(c3ccc4ccccc4c3)c3cccc4ccccc34)cc2)C(=O)c2ccccc21. The van der Waals surface area contributed by atoms with Crippen molar-refractivity contribution in [3.63, 3.8) is 0 Å². The number of rotatable bonds is 4. The van der Waals surface area contributed by atoms with Crippen LogP contribution in [0.25, 0.3) is 27.6 Å². The smallest absolute Gasteiger partial charge is 0.197 e. The monoisotopic (exact) mass is 501 g/mol. The number of ketones is 2. The highest BCUT2D eigenvalue weighted by molar-refractivity contribution is 6.41. The normalized spacial score (nSPS) is 12.7. The zero-order valence-corrected chi connectivity index (χ0v) is 21.0. The standard InChI is InChI=1S/C36H23NO2/c38-35-31-13-5-6-14-32(31)36(39)33(35)22-24-16-19-28(20-17-24)37(29-21-18-25-8-1-2-10-27(25)23-29)34-15-7-11-26-9-3-4-12-30(26)34/h1-23H. The van der Waals surface area contributed by atoms with Gasteiger partial charge in [-0.2, -0.15) is 0 Å². The van der Waals surface area contributed by atoms with E-state index in [2.05, 4.69) is 89.8 Å². The van der Waals surface area contributed by atoms with Crippen LogP contribution in [0.15, 0.2) is 139 Å². The number of allylic oxidation sites excluding steroid dienone is 1. The molecule has 1 aliphatic rings. The van der Waals surface area contributed by atoms with Gasteiger partial charge in [-0.15, -0.1) is 0 Å². The predicted molar refractivity (Wildman–Crippen MR) is 159 cm³/mol. The Morgan fingerprint density at radius 1 is 0.487 bits per heavy atom. The fraction of sp³-hybridized carbons (Fsp3) is 0. The van der Waals surface area contributed by atoms with Crippen LogP contribution in [0.2, 0.25) is 0 Å². The summed E-state index contributed by atoms with van der Waals surface area (Å²) in [6.45, 7) is 0. The Balaban J connectivity index is 1.34. The Hall–Kier alpha value is -5.28. The molecular formula is C36H23NO2. The fourth-order valence-electron chi connectivity index (χ4n) is 5.44. The lowest BCUT2D eigenvalue weighted by atomic mass is 10.0. The minimum absolute atomic E-state index is 0.212. The van der Waals surface area contributed by atoms with Crippen LogP contribution in [-0.2, 0) is 0 Å². The summed E-state index contributed by atoms with van der Waals surface area (Å²) < 4.78 is 0. The molecule has 39 heavy (non-hydrogen) atoms. The molecule has 3 heteroatoms. The van der Waals surface area contributed by atoms with E-state index in [1.807, 2.05) is 24.3 Å². The number of Topliss-reactive ketones (excluding diaryl/α,β-unsaturated/α-hetero) is 2. The highest BCUT2D eigenvalue weighted by Gasteiger charge is 2.32. The molecule has 0 N–H and O–H groups in total. The van der Waals surface area contributed by atoms with E-state index in [0.29, 0.717) is 11.1 Å². The Morgan fingerprint density at radius 3 is 1.82 bits per heavy atom. The third kappa shape index (κ3) is 3.92. The molecule has 0 amide bonds. The first-order chi connectivity index (χ1) is 19.2. The highest BCUT2D eigenvalue weighted by atomic mass is 16.2. The molecule has 0 saturated carbocycles. The molecule has 0 fully saturated rings. The number of fused-ring (bicyclic) bond motifs is 3.